The van der Waals surface area contributed by atoms with E-state index in [4.69, 9.17) is 4.52 Å². The second-order valence-corrected chi connectivity index (χ2v) is 7.86. The highest BCUT2D eigenvalue weighted by Gasteiger charge is 2.55. The molecule has 0 aliphatic carbocycles. The van der Waals surface area contributed by atoms with Crippen LogP contribution in [0, 0.1) is 13.8 Å². The summed E-state index contributed by atoms with van der Waals surface area (Å²) in [4.78, 5) is 25.4. The van der Waals surface area contributed by atoms with E-state index in [0.717, 1.165) is 22.6 Å². The first-order chi connectivity index (χ1) is 12.1. The van der Waals surface area contributed by atoms with Crippen molar-refractivity contribution < 1.29 is 14.1 Å². The molecule has 4 rings (SSSR count). The lowest BCUT2D eigenvalue weighted by molar-refractivity contribution is -0.127. The van der Waals surface area contributed by atoms with Crippen LogP contribution >= 0.6 is 8.45 Å². The topological polar surface area (TPSA) is 49.9 Å². The van der Waals surface area contributed by atoms with Crippen molar-refractivity contribution in [3.8, 4) is 5.75 Å². The summed E-state index contributed by atoms with van der Waals surface area (Å²) in [5, 5.41) is 0. The molecule has 25 heavy (non-hydrogen) atoms. The fourth-order valence-electron chi connectivity index (χ4n) is 3.34. The van der Waals surface area contributed by atoms with Crippen molar-refractivity contribution >= 4 is 26.0 Å². The number of fused-ring (bicyclic) bond motifs is 1. The molecule has 0 unspecified atom stereocenters. The Labute approximate surface area is 148 Å². The molecule has 5 nitrogen and oxygen atoms in total. The zero-order valence-corrected chi connectivity index (χ0v) is 15.1. The van der Waals surface area contributed by atoms with Gasteiger partial charge in [0.15, 0.2) is 0 Å². The van der Waals surface area contributed by atoms with Crippen LogP contribution in [0.25, 0.3) is 0 Å². The maximum atomic E-state index is 13.0. The van der Waals surface area contributed by atoms with Gasteiger partial charge >= 0.3 is 8.45 Å². The zero-order chi connectivity index (χ0) is 17.6. The molecule has 6 heteroatoms. The van der Waals surface area contributed by atoms with Gasteiger partial charge in [-0.3, -0.25) is 14.3 Å². The lowest BCUT2D eigenvalue weighted by Crippen LogP contribution is -2.29. The number of benzene rings is 2. The van der Waals surface area contributed by atoms with Crippen LogP contribution in [0.3, 0.4) is 0 Å². The number of carbonyl (C=O) groups excluding carboxylic acids is 2. The van der Waals surface area contributed by atoms with Crippen LogP contribution in [0.15, 0.2) is 48.5 Å². The van der Waals surface area contributed by atoms with Crippen molar-refractivity contribution in [1.82, 2.24) is 4.67 Å². The quantitative estimate of drug-likeness (QED) is 0.785. The Balaban J connectivity index is 1.77. The lowest BCUT2D eigenvalue weighted by atomic mass is 10.1. The number of hydrogen-bond acceptors (Lipinski definition) is 3. The molecule has 2 aliphatic heterocycles. The molecule has 0 aromatic heterocycles. The summed E-state index contributed by atoms with van der Waals surface area (Å²) in [6, 6.07) is 15.0. The standard InChI is InChI=1S/C19H19N2O3P/c1-13-7-6-8-14(2)18(13)24-25-20(15-9-4-3-5-10-15)19(23)16-11-12-17(22)21(16)25/h3-10,16H,11-12H2,1-2H3/t16-,25+/m0/s1. The number of para-hydroxylation sites is 2. The minimum absolute atomic E-state index is 0.00544. The molecule has 0 saturated carbocycles. The first-order valence-electron chi connectivity index (χ1n) is 8.33. The minimum atomic E-state index is -1.55. The Bertz CT molecular complexity index is 820. The van der Waals surface area contributed by atoms with E-state index in [9.17, 15) is 9.59 Å². The van der Waals surface area contributed by atoms with Crippen LogP contribution in [-0.4, -0.2) is 22.5 Å². The van der Waals surface area contributed by atoms with Gasteiger partial charge in [0.25, 0.3) is 5.91 Å². The van der Waals surface area contributed by atoms with Gasteiger partial charge in [0.1, 0.15) is 11.8 Å². The molecule has 2 aromatic rings. The van der Waals surface area contributed by atoms with Gasteiger partial charge in [-0.15, -0.1) is 0 Å². The molecule has 0 bridgehead atoms. The summed E-state index contributed by atoms with van der Waals surface area (Å²) in [6.45, 7) is 3.96. The Kier molecular flexibility index (Phi) is 3.97. The summed E-state index contributed by atoms with van der Waals surface area (Å²) >= 11 is 0. The summed E-state index contributed by atoms with van der Waals surface area (Å²) in [6.07, 6.45) is 0.976. The van der Waals surface area contributed by atoms with Gasteiger partial charge < -0.3 is 4.52 Å². The third-order valence-corrected chi connectivity index (χ3v) is 6.60. The molecule has 2 amide bonds. The van der Waals surface area contributed by atoms with Crippen molar-refractivity contribution in [3.05, 3.63) is 59.7 Å². The average molecular weight is 354 g/mol. The SMILES string of the molecule is Cc1cccc(C)c1O[P@]1N(c2ccccc2)C(=O)[C@@H]2CCC(=O)N21. The third-order valence-electron chi connectivity index (χ3n) is 4.61. The van der Waals surface area contributed by atoms with Crippen LogP contribution in [0.4, 0.5) is 5.69 Å². The zero-order valence-electron chi connectivity index (χ0n) is 14.2. The number of amides is 2. The van der Waals surface area contributed by atoms with Crippen molar-refractivity contribution in [2.75, 3.05) is 4.67 Å². The number of hydrogen-bond donors (Lipinski definition) is 0. The van der Waals surface area contributed by atoms with E-state index in [1.165, 1.54) is 0 Å². The Morgan fingerprint density at radius 1 is 1.00 bits per heavy atom. The van der Waals surface area contributed by atoms with Crippen molar-refractivity contribution in [2.45, 2.75) is 32.7 Å². The number of rotatable bonds is 3. The molecule has 0 radical (unpaired) electrons. The van der Waals surface area contributed by atoms with E-state index in [2.05, 4.69) is 0 Å². The largest absolute Gasteiger partial charge is 0.435 e. The van der Waals surface area contributed by atoms with E-state index in [1.54, 1.807) is 9.34 Å². The van der Waals surface area contributed by atoms with Crippen LogP contribution < -0.4 is 9.19 Å². The molecule has 128 valence electrons. The van der Waals surface area contributed by atoms with Gasteiger partial charge in [-0.05, 0) is 43.5 Å². The molecule has 2 heterocycles. The van der Waals surface area contributed by atoms with Gasteiger partial charge in [0.05, 0.1) is 5.69 Å². The van der Waals surface area contributed by atoms with E-state index < -0.39 is 14.5 Å². The molecule has 0 N–H and O–H groups in total. The summed E-state index contributed by atoms with van der Waals surface area (Å²) in [5.74, 6) is 0.700. The highest BCUT2D eigenvalue weighted by molar-refractivity contribution is 7.55. The van der Waals surface area contributed by atoms with Gasteiger partial charge in [-0.1, -0.05) is 36.4 Å². The Morgan fingerprint density at radius 2 is 1.68 bits per heavy atom. The van der Waals surface area contributed by atoms with Gasteiger partial charge in [-0.2, -0.15) is 0 Å². The number of carbonyl (C=O) groups is 2. The molecule has 2 fully saturated rings. The fourth-order valence-corrected chi connectivity index (χ4v) is 5.53. The Hall–Kier alpha value is -2.39. The first kappa shape index (κ1) is 16.1. The Morgan fingerprint density at radius 3 is 2.36 bits per heavy atom. The second kappa shape index (κ2) is 6.16. The number of anilines is 1. The van der Waals surface area contributed by atoms with E-state index in [1.807, 2.05) is 62.4 Å². The molecule has 2 atom stereocenters. The van der Waals surface area contributed by atoms with Crippen LogP contribution in [0.2, 0.25) is 0 Å². The summed E-state index contributed by atoms with van der Waals surface area (Å²) < 4.78 is 9.67. The van der Waals surface area contributed by atoms with Crippen LogP contribution in [-0.2, 0) is 9.59 Å². The van der Waals surface area contributed by atoms with E-state index >= 15 is 0 Å². The highest BCUT2D eigenvalue weighted by Crippen LogP contribution is 2.58. The van der Waals surface area contributed by atoms with E-state index in [-0.39, 0.29) is 11.8 Å². The molecule has 2 saturated heterocycles. The highest BCUT2D eigenvalue weighted by atomic mass is 31.2. The number of nitrogens with zero attached hydrogens (tertiary/aromatic N) is 2. The van der Waals surface area contributed by atoms with Gasteiger partial charge in [0.2, 0.25) is 5.91 Å². The predicted molar refractivity (Wildman–Crippen MR) is 97.3 cm³/mol. The fraction of sp³-hybridized carbons (Fsp3) is 0.263. The maximum Gasteiger partial charge on any atom is 0.320 e. The van der Waals surface area contributed by atoms with Crippen LogP contribution in [0.1, 0.15) is 24.0 Å². The normalized spacial score (nSPS) is 22.5. The number of aryl methyl sites for hydroxylation is 2. The minimum Gasteiger partial charge on any atom is -0.435 e. The molecule has 0 spiro atoms. The van der Waals surface area contributed by atoms with Crippen molar-refractivity contribution in [2.24, 2.45) is 0 Å². The van der Waals surface area contributed by atoms with E-state index in [0.29, 0.717) is 12.8 Å². The smallest absolute Gasteiger partial charge is 0.320 e. The monoisotopic (exact) mass is 354 g/mol. The lowest BCUT2D eigenvalue weighted by Gasteiger charge is -2.28. The van der Waals surface area contributed by atoms with Crippen LogP contribution in [0.5, 0.6) is 5.75 Å². The van der Waals surface area contributed by atoms with Gasteiger partial charge in [-0.25, -0.2) is 4.67 Å². The van der Waals surface area contributed by atoms with Crippen molar-refractivity contribution in [1.29, 1.82) is 0 Å². The second-order valence-electron chi connectivity index (χ2n) is 6.34. The molecular weight excluding hydrogens is 335 g/mol. The average Bonchev–Trinajstić information content (AvgIpc) is 3.11. The molecular formula is C19H19N2O3P. The first-order valence-corrected chi connectivity index (χ1v) is 9.49. The molecule has 2 aliphatic rings. The summed E-state index contributed by atoms with van der Waals surface area (Å²) in [5.41, 5.74) is 2.77. The van der Waals surface area contributed by atoms with Crippen molar-refractivity contribution in [3.63, 3.8) is 0 Å². The maximum absolute atomic E-state index is 13.0. The molecule has 2 aromatic carbocycles. The van der Waals surface area contributed by atoms with Gasteiger partial charge in [0, 0.05) is 6.42 Å². The summed E-state index contributed by atoms with van der Waals surface area (Å²) in [7, 11) is -1.55. The predicted octanol–water partition coefficient (Wildman–Crippen LogP) is 3.95. The third kappa shape index (κ3) is 2.59.